The topological polar surface area (TPSA) is 54.0 Å². The van der Waals surface area contributed by atoms with E-state index in [2.05, 4.69) is 107 Å². The maximum absolute atomic E-state index is 16.2. The second-order valence-corrected chi connectivity index (χ2v) is 18.2. The number of ether oxygens (including phenoxy) is 4. The lowest BCUT2D eigenvalue weighted by Crippen LogP contribution is -2.22. The Hall–Kier alpha value is -5.25. The molecule has 1 heterocycles. The molecule has 8 rings (SSSR count). The fraction of sp³-hybridized carbons (Fsp3) is 0.308. The van der Waals surface area contributed by atoms with Gasteiger partial charge in [-0.2, -0.15) is 0 Å². The first-order valence-electron chi connectivity index (χ1n) is 21.3. The Morgan fingerprint density at radius 3 is 1.33 bits per heavy atom. The largest absolute Gasteiger partial charge is 0.493 e. The predicted molar refractivity (Wildman–Crippen MR) is 239 cm³/mol. The Labute approximate surface area is 344 Å². The minimum absolute atomic E-state index is 0.545. The summed E-state index contributed by atoms with van der Waals surface area (Å²) in [5.41, 5.74) is 10.8. The summed E-state index contributed by atoms with van der Waals surface area (Å²) in [6.45, 7) is 11.0. The van der Waals surface area contributed by atoms with Gasteiger partial charge in [-0.3, -0.25) is 0 Å². The van der Waals surface area contributed by atoms with Crippen LogP contribution in [0.5, 0.6) is 23.0 Å². The molecule has 1 aliphatic carbocycles. The molecule has 1 atom stereocenters. The zero-order valence-corrected chi connectivity index (χ0v) is 35.3. The van der Waals surface area contributed by atoms with Gasteiger partial charge >= 0.3 is 0 Å². The molecule has 8 bridgehead atoms. The van der Waals surface area contributed by atoms with Gasteiger partial charge in [-0.25, -0.2) is 0 Å². The van der Waals surface area contributed by atoms with Gasteiger partial charge in [-0.15, -0.1) is 0 Å². The van der Waals surface area contributed by atoms with Crippen LogP contribution in [0.4, 0.5) is 0 Å². The van der Waals surface area contributed by atoms with Gasteiger partial charge in [-0.05, 0) is 76.3 Å². The number of fused-ring (bicyclic) bond motifs is 12. The highest BCUT2D eigenvalue weighted by Gasteiger charge is 2.43. The van der Waals surface area contributed by atoms with Crippen LogP contribution in [-0.2, 0) is 30.2 Å². The molecule has 0 spiro atoms. The molecule has 2 aliphatic rings. The van der Waals surface area contributed by atoms with Crippen LogP contribution in [0.2, 0.25) is 0 Å². The van der Waals surface area contributed by atoms with Crippen molar-refractivity contribution in [2.24, 2.45) is 0 Å². The Bertz CT molecular complexity index is 2450. The summed E-state index contributed by atoms with van der Waals surface area (Å²) in [6, 6.07) is 40.2. The van der Waals surface area contributed by atoms with E-state index in [1.807, 2.05) is 36.4 Å². The van der Waals surface area contributed by atoms with E-state index in [4.69, 9.17) is 18.9 Å². The van der Waals surface area contributed by atoms with Crippen LogP contribution in [0, 0.1) is 0 Å². The highest BCUT2D eigenvalue weighted by atomic mass is 31.2. The smallest absolute Gasteiger partial charge is 0.172 e. The quantitative estimate of drug-likeness (QED) is 0.109. The molecule has 0 saturated heterocycles. The molecule has 58 heavy (non-hydrogen) atoms. The first-order chi connectivity index (χ1) is 28.5. The zero-order valence-electron chi connectivity index (χ0n) is 34.4. The van der Waals surface area contributed by atoms with Crippen molar-refractivity contribution in [1.29, 1.82) is 0 Å². The molecule has 5 nitrogen and oxygen atoms in total. The van der Waals surface area contributed by atoms with Crippen molar-refractivity contribution in [3.8, 4) is 34.1 Å². The lowest BCUT2D eigenvalue weighted by atomic mass is 9.88. The third kappa shape index (κ3) is 7.46. The van der Waals surface area contributed by atoms with E-state index in [9.17, 15) is 0 Å². The fourth-order valence-electron chi connectivity index (χ4n) is 8.73. The van der Waals surface area contributed by atoms with Crippen molar-refractivity contribution >= 4 is 23.1 Å². The molecule has 298 valence electrons. The van der Waals surface area contributed by atoms with Gasteiger partial charge in [0.2, 0.25) is 0 Å². The van der Waals surface area contributed by atoms with E-state index < -0.39 is 7.14 Å². The molecule has 6 aromatic rings. The molecule has 0 fully saturated rings. The second kappa shape index (κ2) is 17.7. The number of para-hydroxylation sites is 3. The number of hydrogen-bond donors (Lipinski definition) is 0. The summed E-state index contributed by atoms with van der Waals surface area (Å²) >= 11 is 0. The van der Waals surface area contributed by atoms with Crippen LogP contribution in [-0.4, -0.2) is 26.4 Å². The normalized spacial score (nSPS) is 15.3. The highest BCUT2D eigenvalue weighted by Crippen LogP contribution is 2.55. The van der Waals surface area contributed by atoms with Crippen molar-refractivity contribution in [3.05, 3.63) is 160 Å². The Morgan fingerprint density at radius 1 is 0.431 bits per heavy atom. The SMILES string of the molecule is CCCOc1c2cccc1Cc1cccc(c1OCCC)Cc1c(OCCC)c(cc3c1-c1ccccc1P3(=O)c1ccccc1)Cc1cccc(c1OCCC)C2. The molecular weight excluding hydrogens is 736 g/mol. The summed E-state index contributed by atoms with van der Waals surface area (Å²) < 4.78 is 43.3. The van der Waals surface area contributed by atoms with E-state index in [0.29, 0.717) is 52.1 Å². The number of benzene rings is 6. The van der Waals surface area contributed by atoms with Crippen LogP contribution in [0.3, 0.4) is 0 Å². The zero-order chi connectivity index (χ0) is 40.1. The predicted octanol–water partition coefficient (Wildman–Crippen LogP) is 11.1. The molecule has 6 aromatic carbocycles. The van der Waals surface area contributed by atoms with E-state index in [-0.39, 0.29) is 0 Å². The maximum Gasteiger partial charge on any atom is 0.172 e. The Morgan fingerprint density at radius 2 is 0.845 bits per heavy atom. The Balaban J connectivity index is 1.46. The van der Waals surface area contributed by atoms with Gasteiger partial charge in [0.25, 0.3) is 0 Å². The van der Waals surface area contributed by atoms with Crippen LogP contribution in [0.1, 0.15) is 97.9 Å². The van der Waals surface area contributed by atoms with Crippen LogP contribution < -0.4 is 34.9 Å². The first-order valence-corrected chi connectivity index (χ1v) is 23.0. The van der Waals surface area contributed by atoms with Crippen molar-refractivity contribution < 1.29 is 23.5 Å². The summed E-state index contributed by atoms with van der Waals surface area (Å²) in [4.78, 5) is 0. The number of rotatable bonds is 13. The standard InChI is InChI=1S/C52H55O5P/c1-5-27-54-49-36-17-14-18-37(49)32-39-20-16-22-41(51(39)56-29-7-3)34-45-48-44-25-12-13-26-46(44)58(53,43-23-10-9-11-24-43)47(48)35-42(52(45)57-30-8-4)33-40-21-15-19-38(31-36)50(40)55-28-6-2/h9-26,35H,5-8,27-34H2,1-4H3. The van der Waals surface area contributed by atoms with Gasteiger partial charge in [-0.1, -0.05) is 137 Å². The van der Waals surface area contributed by atoms with Gasteiger partial charge < -0.3 is 23.5 Å². The van der Waals surface area contributed by atoms with E-state index in [1.54, 1.807) is 0 Å². The fourth-order valence-corrected chi connectivity index (χ4v) is 11.9. The lowest BCUT2D eigenvalue weighted by Gasteiger charge is -2.25. The highest BCUT2D eigenvalue weighted by molar-refractivity contribution is 7.86. The second-order valence-electron chi connectivity index (χ2n) is 15.5. The van der Waals surface area contributed by atoms with Crippen LogP contribution >= 0.6 is 7.14 Å². The van der Waals surface area contributed by atoms with Crippen molar-refractivity contribution in [2.75, 3.05) is 26.4 Å². The first kappa shape index (κ1) is 39.6. The molecule has 0 N–H and O–H groups in total. The third-order valence-electron chi connectivity index (χ3n) is 11.3. The summed E-state index contributed by atoms with van der Waals surface area (Å²) in [5, 5.41) is 2.60. The summed E-state index contributed by atoms with van der Waals surface area (Å²) in [7, 11) is -3.28. The minimum Gasteiger partial charge on any atom is -0.493 e. The molecule has 0 aromatic heterocycles. The molecule has 1 aliphatic heterocycles. The minimum atomic E-state index is -3.28. The van der Waals surface area contributed by atoms with Crippen LogP contribution in [0.15, 0.2) is 115 Å². The van der Waals surface area contributed by atoms with Crippen LogP contribution in [0.25, 0.3) is 11.1 Å². The van der Waals surface area contributed by atoms with Gasteiger partial charge in [0.1, 0.15) is 23.0 Å². The summed E-state index contributed by atoms with van der Waals surface area (Å²) in [6.07, 6.45) is 5.96. The van der Waals surface area contributed by atoms with Gasteiger partial charge in [0.05, 0.1) is 26.4 Å². The average molecular weight is 791 g/mol. The maximum atomic E-state index is 16.2. The van der Waals surface area contributed by atoms with Gasteiger partial charge in [0, 0.05) is 52.7 Å². The van der Waals surface area contributed by atoms with E-state index >= 15 is 4.57 Å². The molecule has 0 radical (unpaired) electrons. The molecular formula is C52H55O5P. The van der Waals surface area contributed by atoms with Gasteiger partial charge in [0.15, 0.2) is 7.14 Å². The molecule has 0 amide bonds. The molecule has 1 unspecified atom stereocenters. The molecule has 0 saturated carbocycles. The Kier molecular flexibility index (Phi) is 12.1. The number of hydrogen-bond acceptors (Lipinski definition) is 5. The van der Waals surface area contributed by atoms with Crippen molar-refractivity contribution in [3.63, 3.8) is 0 Å². The molecule has 6 heteroatoms. The van der Waals surface area contributed by atoms with E-state index in [1.165, 1.54) is 0 Å². The van der Waals surface area contributed by atoms with Crippen molar-refractivity contribution in [2.45, 2.75) is 79.1 Å². The monoisotopic (exact) mass is 790 g/mol. The van der Waals surface area contributed by atoms with E-state index in [0.717, 1.165) is 120 Å². The van der Waals surface area contributed by atoms with Crippen molar-refractivity contribution in [1.82, 2.24) is 0 Å². The average Bonchev–Trinajstić information content (AvgIpc) is 3.50. The third-order valence-corrected chi connectivity index (χ3v) is 14.4. The summed E-state index contributed by atoms with van der Waals surface area (Å²) in [5.74, 6) is 3.62. The lowest BCUT2D eigenvalue weighted by molar-refractivity contribution is 0.305.